The van der Waals surface area contributed by atoms with E-state index in [2.05, 4.69) is 76.7 Å². The molecule has 0 unspecified atom stereocenters. The fourth-order valence-electron chi connectivity index (χ4n) is 4.82. The van der Waals surface area contributed by atoms with E-state index in [1.165, 1.54) is 24.1 Å². The van der Waals surface area contributed by atoms with Crippen molar-refractivity contribution in [1.82, 2.24) is 14.8 Å². The molecule has 1 saturated heterocycles. The highest BCUT2D eigenvalue weighted by Gasteiger charge is 2.15. The Bertz CT molecular complexity index is 1260. The Balaban J connectivity index is 1.35. The number of likely N-dealkylation sites (tertiary alicyclic amines) is 1. The molecule has 0 radical (unpaired) electrons. The van der Waals surface area contributed by atoms with Crippen LogP contribution in [0.1, 0.15) is 47.7 Å². The van der Waals surface area contributed by atoms with E-state index in [0.29, 0.717) is 17.3 Å². The average Bonchev–Trinajstić information content (AvgIpc) is 3.37. The Labute approximate surface area is 201 Å². The van der Waals surface area contributed by atoms with Gasteiger partial charge in [0.15, 0.2) is 0 Å². The molecule has 0 bridgehead atoms. The molecule has 2 aromatic carbocycles. The first-order valence-corrected chi connectivity index (χ1v) is 12.2. The molecule has 2 aliphatic heterocycles. The molecule has 5 rings (SSSR count). The monoisotopic (exact) mass is 452 g/mol. The van der Waals surface area contributed by atoms with E-state index in [0.717, 1.165) is 42.4 Å². The first-order valence-electron chi connectivity index (χ1n) is 12.2. The van der Waals surface area contributed by atoms with E-state index in [1.54, 1.807) is 0 Å². The minimum absolute atomic E-state index is 0.128. The summed E-state index contributed by atoms with van der Waals surface area (Å²) in [6.45, 7) is 5.39. The van der Waals surface area contributed by atoms with Crippen molar-refractivity contribution < 1.29 is 4.79 Å². The normalized spacial score (nSPS) is 18.4. The molecular formula is C29H32N4O. The zero-order chi connectivity index (χ0) is 23.5. The summed E-state index contributed by atoms with van der Waals surface area (Å²) < 4.78 is 0. The molecule has 0 aliphatic carbocycles. The Kier molecular flexibility index (Phi) is 6.45. The third-order valence-corrected chi connectivity index (χ3v) is 6.83. The average molecular weight is 453 g/mol. The standard InChI is InChI=1S/C29H32N4O/c1-3-21-11-14-32(2)27(16-21)23-9-10-25-19-30-28(18-26(25)17-23)31-29(34)24-8-6-7-22(15-24)20-33-12-4-5-13-33/h6-11,14-19,21H,3-5,12-13,20H2,1-2H3,(H,30,31,34)/t21-/m0/s1. The van der Waals surface area contributed by atoms with Gasteiger partial charge in [0, 0.05) is 42.6 Å². The summed E-state index contributed by atoms with van der Waals surface area (Å²) in [7, 11) is 2.08. The van der Waals surface area contributed by atoms with E-state index in [1.807, 2.05) is 30.5 Å². The number of anilines is 1. The number of aromatic nitrogens is 1. The topological polar surface area (TPSA) is 48.5 Å². The molecule has 0 saturated carbocycles. The summed E-state index contributed by atoms with van der Waals surface area (Å²) in [6.07, 6.45) is 12.1. The molecule has 1 fully saturated rings. The molecule has 34 heavy (non-hydrogen) atoms. The molecule has 2 aliphatic rings. The van der Waals surface area contributed by atoms with Gasteiger partial charge in [-0.15, -0.1) is 0 Å². The molecular weight excluding hydrogens is 420 g/mol. The Morgan fingerprint density at radius 1 is 1.09 bits per heavy atom. The quantitative estimate of drug-likeness (QED) is 0.505. The molecule has 3 aromatic rings. The highest BCUT2D eigenvalue weighted by molar-refractivity contribution is 6.04. The second-order valence-electron chi connectivity index (χ2n) is 9.35. The molecule has 1 aromatic heterocycles. The maximum atomic E-state index is 13.0. The summed E-state index contributed by atoms with van der Waals surface area (Å²) in [6, 6.07) is 16.3. The number of benzene rings is 2. The van der Waals surface area contributed by atoms with E-state index < -0.39 is 0 Å². The first kappa shape index (κ1) is 22.4. The van der Waals surface area contributed by atoms with Gasteiger partial charge < -0.3 is 10.2 Å². The van der Waals surface area contributed by atoms with Gasteiger partial charge in [-0.3, -0.25) is 9.69 Å². The van der Waals surface area contributed by atoms with E-state index >= 15 is 0 Å². The smallest absolute Gasteiger partial charge is 0.256 e. The van der Waals surface area contributed by atoms with Crippen molar-refractivity contribution in [1.29, 1.82) is 0 Å². The van der Waals surface area contributed by atoms with Crippen LogP contribution in [0, 0.1) is 5.92 Å². The molecule has 5 nitrogen and oxygen atoms in total. The fraction of sp³-hybridized carbons (Fsp3) is 0.310. The van der Waals surface area contributed by atoms with E-state index in [4.69, 9.17) is 0 Å². The summed E-state index contributed by atoms with van der Waals surface area (Å²) >= 11 is 0. The highest BCUT2D eigenvalue weighted by Crippen LogP contribution is 2.29. The highest BCUT2D eigenvalue weighted by atomic mass is 16.1. The van der Waals surface area contributed by atoms with Crippen molar-refractivity contribution in [3.8, 4) is 0 Å². The van der Waals surface area contributed by atoms with Crippen LogP contribution in [-0.2, 0) is 6.54 Å². The van der Waals surface area contributed by atoms with Gasteiger partial charge in [0.2, 0.25) is 0 Å². The Hall–Kier alpha value is -3.44. The van der Waals surface area contributed by atoms with Gasteiger partial charge in [-0.05, 0) is 79.0 Å². The molecule has 5 heteroatoms. The summed E-state index contributed by atoms with van der Waals surface area (Å²) in [5.74, 6) is 0.893. The van der Waals surface area contributed by atoms with Gasteiger partial charge in [-0.1, -0.05) is 43.3 Å². The molecule has 174 valence electrons. The van der Waals surface area contributed by atoms with E-state index in [9.17, 15) is 4.79 Å². The Morgan fingerprint density at radius 3 is 2.76 bits per heavy atom. The number of fused-ring (bicyclic) bond motifs is 1. The lowest BCUT2D eigenvalue weighted by Gasteiger charge is -2.25. The minimum atomic E-state index is -0.128. The molecule has 1 N–H and O–H groups in total. The van der Waals surface area contributed by atoms with Crippen molar-refractivity contribution in [3.63, 3.8) is 0 Å². The fourth-order valence-corrected chi connectivity index (χ4v) is 4.82. The largest absolute Gasteiger partial charge is 0.351 e. The van der Waals surface area contributed by atoms with Crippen LogP contribution in [-0.4, -0.2) is 40.8 Å². The second kappa shape index (κ2) is 9.82. The number of nitrogens with zero attached hydrogens (tertiary/aromatic N) is 3. The van der Waals surface area contributed by atoms with Crippen LogP contribution in [0.5, 0.6) is 0 Å². The molecule has 0 spiro atoms. The predicted octanol–water partition coefficient (Wildman–Crippen LogP) is 5.91. The number of rotatable bonds is 6. The van der Waals surface area contributed by atoms with Crippen molar-refractivity contribution in [2.75, 3.05) is 25.5 Å². The summed E-state index contributed by atoms with van der Waals surface area (Å²) in [5, 5.41) is 5.11. The summed E-state index contributed by atoms with van der Waals surface area (Å²) in [5.41, 5.74) is 4.21. The lowest BCUT2D eigenvalue weighted by atomic mass is 9.97. The Morgan fingerprint density at radius 2 is 1.94 bits per heavy atom. The lowest BCUT2D eigenvalue weighted by Crippen LogP contribution is -2.19. The predicted molar refractivity (Wildman–Crippen MR) is 139 cm³/mol. The van der Waals surface area contributed by atoms with Crippen molar-refractivity contribution in [2.24, 2.45) is 5.92 Å². The summed E-state index contributed by atoms with van der Waals surface area (Å²) in [4.78, 5) is 22.1. The van der Waals surface area contributed by atoms with Gasteiger partial charge in [0.1, 0.15) is 5.82 Å². The van der Waals surface area contributed by atoms with Crippen LogP contribution in [0.2, 0.25) is 0 Å². The van der Waals surface area contributed by atoms with Gasteiger partial charge in [0.25, 0.3) is 5.91 Å². The van der Waals surface area contributed by atoms with Crippen LogP contribution in [0.15, 0.2) is 73.1 Å². The van der Waals surface area contributed by atoms with Crippen LogP contribution >= 0.6 is 0 Å². The van der Waals surface area contributed by atoms with Crippen molar-refractivity contribution in [2.45, 2.75) is 32.7 Å². The number of carbonyl (C=O) groups excluding carboxylic acids is 1. The molecule has 3 heterocycles. The third kappa shape index (κ3) is 4.90. The van der Waals surface area contributed by atoms with E-state index in [-0.39, 0.29) is 5.91 Å². The molecule has 1 amide bonds. The van der Waals surface area contributed by atoms with Gasteiger partial charge in [-0.2, -0.15) is 0 Å². The number of pyridine rings is 1. The third-order valence-electron chi connectivity index (χ3n) is 6.83. The van der Waals surface area contributed by atoms with Gasteiger partial charge >= 0.3 is 0 Å². The van der Waals surface area contributed by atoms with Crippen molar-refractivity contribution in [3.05, 3.63) is 89.8 Å². The van der Waals surface area contributed by atoms with Gasteiger partial charge in [0.05, 0.1) is 0 Å². The van der Waals surface area contributed by atoms with Crippen LogP contribution in [0.4, 0.5) is 5.82 Å². The SMILES string of the molecule is CC[C@H]1C=CN(C)C(c2ccc3cnc(NC(=O)c4cccc(CN5CCCC5)c4)cc3c2)=C1. The number of nitrogens with one attached hydrogen (secondary N) is 1. The maximum Gasteiger partial charge on any atom is 0.256 e. The maximum absolute atomic E-state index is 13.0. The van der Waals surface area contributed by atoms with Gasteiger partial charge in [-0.25, -0.2) is 4.98 Å². The minimum Gasteiger partial charge on any atom is -0.351 e. The number of amides is 1. The number of hydrogen-bond acceptors (Lipinski definition) is 4. The molecule has 1 atom stereocenters. The number of carbonyl (C=O) groups is 1. The van der Waals surface area contributed by atoms with Crippen LogP contribution in [0.3, 0.4) is 0 Å². The van der Waals surface area contributed by atoms with Crippen molar-refractivity contribution >= 4 is 28.2 Å². The number of hydrogen-bond donors (Lipinski definition) is 1. The van der Waals surface area contributed by atoms with Crippen LogP contribution < -0.4 is 5.32 Å². The zero-order valence-electron chi connectivity index (χ0n) is 20.0. The second-order valence-corrected chi connectivity index (χ2v) is 9.35. The van der Waals surface area contributed by atoms with Crippen LogP contribution in [0.25, 0.3) is 16.5 Å². The zero-order valence-corrected chi connectivity index (χ0v) is 20.0. The number of allylic oxidation sites excluding steroid dienone is 2. The first-order chi connectivity index (χ1) is 16.6. The lowest BCUT2D eigenvalue weighted by molar-refractivity contribution is 0.102.